The van der Waals surface area contributed by atoms with Crippen LogP contribution in [0.4, 0.5) is 0 Å². The van der Waals surface area contributed by atoms with Crippen LogP contribution in [0.1, 0.15) is 10.4 Å². The lowest BCUT2D eigenvalue weighted by Gasteiger charge is -2.34. The number of benzene rings is 1. The molecule has 118 valence electrons. The summed E-state index contributed by atoms with van der Waals surface area (Å²) >= 11 is 0. The summed E-state index contributed by atoms with van der Waals surface area (Å²) in [6, 6.07) is 5.34. The molecule has 22 heavy (non-hydrogen) atoms. The average Bonchev–Trinajstić information content (AvgIpc) is 3.02. The van der Waals surface area contributed by atoms with Gasteiger partial charge in [-0.05, 0) is 18.2 Å². The first-order chi connectivity index (χ1) is 10.8. The van der Waals surface area contributed by atoms with Gasteiger partial charge < -0.3 is 19.1 Å². The number of carbonyl (C=O) groups excluding carboxylic acids is 1. The van der Waals surface area contributed by atoms with Crippen LogP contribution in [0.5, 0.6) is 11.5 Å². The molecule has 6 heteroatoms. The minimum Gasteiger partial charge on any atom is -0.500 e. The van der Waals surface area contributed by atoms with Gasteiger partial charge in [-0.2, -0.15) is 0 Å². The Hall–Kier alpha value is -2.21. The molecule has 3 rings (SSSR count). The highest BCUT2D eigenvalue weighted by Crippen LogP contribution is 2.32. The quantitative estimate of drug-likeness (QED) is 0.607. The lowest BCUT2D eigenvalue weighted by molar-refractivity contribution is 0.0609. The minimum atomic E-state index is 0.0419. The van der Waals surface area contributed by atoms with Gasteiger partial charge >= 0.3 is 0 Å². The van der Waals surface area contributed by atoms with E-state index in [-0.39, 0.29) is 12.7 Å². The third-order valence-corrected chi connectivity index (χ3v) is 3.92. The van der Waals surface area contributed by atoms with E-state index in [1.54, 1.807) is 18.2 Å². The van der Waals surface area contributed by atoms with Gasteiger partial charge in [0.05, 0.1) is 12.9 Å². The van der Waals surface area contributed by atoms with Crippen LogP contribution < -0.4 is 9.47 Å². The number of ether oxygens (including phenoxy) is 3. The van der Waals surface area contributed by atoms with Crippen molar-refractivity contribution in [2.75, 3.05) is 46.1 Å². The lowest BCUT2D eigenvalue weighted by atomic mass is 10.1. The average molecular weight is 304 g/mol. The number of hydrogen-bond acceptors (Lipinski definition) is 5. The molecule has 6 nitrogen and oxygen atoms in total. The van der Waals surface area contributed by atoms with Crippen molar-refractivity contribution in [3.05, 3.63) is 36.6 Å². The molecule has 2 aliphatic rings. The molecular weight excluding hydrogens is 284 g/mol. The second-order valence-corrected chi connectivity index (χ2v) is 5.24. The summed E-state index contributed by atoms with van der Waals surface area (Å²) in [4.78, 5) is 16.7. The van der Waals surface area contributed by atoms with Crippen molar-refractivity contribution < 1.29 is 19.0 Å². The van der Waals surface area contributed by atoms with Gasteiger partial charge in [0.15, 0.2) is 11.5 Å². The summed E-state index contributed by atoms with van der Waals surface area (Å²) in [6.07, 6.45) is 1.46. The first-order valence-electron chi connectivity index (χ1n) is 7.42. The van der Waals surface area contributed by atoms with Crippen molar-refractivity contribution in [1.29, 1.82) is 0 Å². The van der Waals surface area contributed by atoms with Crippen molar-refractivity contribution in [1.82, 2.24) is 9.80 Å². The van der Waals surface area contributed by atoms with Gasteiger partial charge in [0, 0.05) is 38.3 Å². The van der Waals surface area contributed by atoms with E-state index in [1.807, 2.05) is 4.90 Å². The van der Waals surface area contributed by atoms with Gasteiger partial charge in [0.2, 0.25) is 6.79 Å². The van der Waals surface area contributed by atoms with Crippen LogP contribution in [0.15, 0.2) is 31.0 Å². The fourth-order valence-electron chi connectivity index (χ4n) is 2.65. The van der Waals surface area contributed by atoms with E-state index in [0.717, 1.165) is 32.7 Å². The van der Waals surface area contributed by atoms with Crippen LogP contribution >= 0.6 is 0 Å². The van der Waals surface area contributed by atoms with Crippen molar-refractivity contribution in [3.8, 4) is 11.5 Å². The number of amides is 1. The van der Waals surface area contributed by atoms with Gasteiger partial charge in [-0.25, -0.2) is 0 Å². The molecule has 1 fully saturated rings. The SMILES string of the molecule is C=COCCN1CCN(C(=O)c2ccc3c(c2)OCO3)CC1. The van der Waals surface area contributed by atoms with E-state index in [1.165, 1.54) is 6.26 Å². The Kier molecular flexibility index (Phi) is 4.48. The second kappa shape index (κ2) is 6.70. The minimum absolute atomic E-state index is 0.0419. The van der Waals surface area contributed by atoms with Crippen LogP contribution in [0.3, 0.4) is 0 Å². The molecule has 0 spiro atoms. The molecular formula is C16H20N2O4. The summed E-state index contributed by atoms with van der Waals surface area (Å²) in [7, 11) is 0. The predicted octanol–water partition coefficient (Wildman–Crippen LogP) is 1.33. The Balaban J connectivity index is 1.54. The van der Waals surface area contributed by atoms with Gasteiger partial charge in [-0.15, -0.1) is 0 Å². The van der Waals surface area contributed by atoms with Crippen LogP contribution in [0.25, 0.3) is 0 Å². The molecule has 2 heterocycles. The topological polar surface area (TPSA) is 51.2 Å². The van der Waals surface area contributed by atoms with E-state index in [4.69, 9.17) is 14.2 Å². The van der Waals surface area contributed by atoms with E-state index in [2.05, 4.69) is 11.5 Å². The fraction of sp³-hybridized carbons (Fsp3) is 0.438. The predicted molar refractivity (Wildman–Crippen MR) is 81.1 cm³/mol. The summed E-state index contributed by atoms with van der Waals surface area (Å²) in [5.74, 6) is 1.38. The smallest absolute Gasteiger partial charge is 0.254 e. The molecule has 2 aliphatic heterocycles. The van der Waals surface area contributed by atoms with Gasteiger partial charge in [0.1, 0.15) is 0 Å². The maximum Gasteiger partial charge on any atom is 0.254 e. The number of fused-ring (bicyclic) bond motifs is 1. The van der Waals surface area contributed by atoms with Crippen molar-refractivity contribution in [2.24, 2.45) is 0 Å². The van der Waals surface area contributed by atoms with Crippen LogP contribution in [0, 0.1) is 0 Å². The molecule has 0 aromatic heterocycles. The molecule has 0 atom stereocenters. The maximum atomic E-state index is 12.5. The van der Waals surface area contributed by atoms with Crippen molar-refractivity contribution in [2.45, 2.75) is 0 Å². The molecule has 0 bridgehead atoms. The lowest BCUT2D eigenvalue weighted by Crippen LogP contribution is -2.49. The zero-order chi connectivity index (χ0) is 15.4. The summed E-state index contributed by atoms with van der Waals surface area (Å²) in [6.45, 7) is 8.41. The molecule has 1 saturated heterocycles. The standard InChI is InChI=1S/C16H20N2O4/c1-2-20-10-9-17-5-7-18(8-6-17)16(19)13-3-4-14-15(11-13)22-12-21-14/h2-4,11H,1,5-10,12H2. The molecule has 0 aliphatic carbocycles. The van der Waals surface area contributed by atoms with Gasteiger partial charge in [0.25, 0.3) is 5.91 Å². The van der Waals surface area contributed by atoms with Crippen molar-refractivity contribution in [3.63, 3.8) is 0 Å². The highest BCUT2D eigenvalue weighted by Gasteiger charge is 2.23. The molecule has 0 saturated carbocycles. The van der Waals surface area contributed by atoms with Crippen molar-refractivity contribution >= 4 is 5.91 Å². The Morgan fingerprint density at radius 2 is 2.00 bits per heavy atom. The van der Waals surface area contributed by atoms with Gasteiger partial charge in [-0.1, -0.05) is 6.58 Å². The number of hydrogen-bond donors (Lipinski definition) is 0. The zero-order valence-corrected chi connectivity index (χ0v) is 12.5. The van der Waals surface area contributed by atoms with Crippen LogP contribution in [-0.4, -0.2) is 61.8 Å². The Bertz CT molecular complexity index is 553. The fourth-order valence-corrected chi connectivity index (χ4v) is 2.65. The Morgan fingerprint density at radius 3 is 2.77 bits per heavy atom. The molecule has 1 amide bonds. The Labute approximate surface area is 129 Å². The summed E-state index contributed by atoms with van der Waals surface area (Å²) in [5.41, 5.74) is 0.646. The first-order valence-corrected chi connectivity index (χ1v) is 7.42. The normalized spacial score (nSPS) is 17.4. The molecule has 0 N–H and O–H groups in total. The number of carbonyl (C=O) groups is 1. The first kappa shape index (κ1) is 14.7. The number of nitrogens with zero attached hydrogens (tertiary/aromatic N) is 2. The van der Waals surface area contributed by atoms with E-state index in [9.17, 15) is 4.79 Å². The Morgan fingerprint density at radius 1 is 1.23 bits per heavy atom. The van der Waals surface area contributed by atoms with Gasteiger partial charge in [-0.3, -0.25) is 9.69 Å². The van der Waals surface area contributed by atoms with E-state index >= 15 is 0 Å². The number of rotatable bonds is 5. The van der Waals surface area contributed by atoms with Crippen LogP contribution in [-0.2, 0) is 4.74 Å². The number of piperazine rings is 1. The molecule has 0 radical (unpaired) electrons. The molecule has 1 aromatic carbocycles. The molecule has 0 unspecified atom stereocenters. The molecule has 1 aromatic rings. The largest absolute Gasteiger partial charge is 0.500 e. The summed E-state index contributed by atoms with van der Waals surface area (Å²) in [5, 5.41) is 0. The highest BCUT2D eigenvalue weighted by molar-refractivity contribution is 5.95. The second-order valence-electron chi connectivity index (χ2n) is 5.24. The monoisotopic (exact) mass is 304 g/mol. The van der Waals surface area contributed by atoms with E-state index in [0.29, 0.717) is 23.7 Å². The third kappa shape index (κ3) is 3.17. The maximum absolute atomic E-state index is 12.5. The summed E-state index contributed by atoms with van der Waals surface area (Å²) < 4.78 is 15.7. The van der Waals surface area contributed by atoms with Crippen LogP contribution in [0.2, 0.25) is 0 Å². The third-order valence-electron chi connectivity index (χ3n) is 3.92. The van der Waals surface area contributed by atoms with E-state index < -0.39 is 0 Å². The zero-order valence-electron chi connectivity index (χ0n) is 12.5. The highest BCUT2D eigenvalue weighted by atomic mass is 16.7.